The Bertz CT molecular complexity index is 133. The minimum atomic E-state index is 0.661. The van der Waals surface area contributed by atoms with Crippen LogP contribution in [0.1, 0.15) is 52.4 Å². The van der Waals surface area contributed by atoms with Crippen LogP contribution in [0.25, 0.3) is 10.6 Å². The van der Waals surface area contributed by atoms with Gasteiger partial charge in [0, 0.05) is 0 Å². The van der Waals surface area contributed by atoms with E-state index in [1.807, 2.05) is 0 Å². The SMILES string of the molecule is CC1CCCC[N-]1.CC1CCCC[N-]1.[Cl][Cu][Cl]. The van der Waals surface area contributed by atoms with Gasteiger partial charge in [-0.3, -0.25) is 0 Å². The van der Waals surface area contributed by atoms with Crippen molar-refractivity contribution < 1.29 is 13.1 Å². The van der Waals surface area contributed by atoms with Gasteiger partial charge in [0.25, 0.3) is 0 Å². The third kappa shape index (κ3) is 13.3. The Morgan fingerprint density at radius 3 is 1.29 bits per heavy atom. The minimum absolute atomic E-state index is 0.661. The molecule has 17 heavy (non-hydrogen) atoms. The van der Waals surface area contributed by atoms with Crippen molar-refractivity contribution >= 4 is 20.2 Å². The molecule has 2 nitrogen and oxygen atoms in total. The predicted molar refractivity (Wildman–Crippen MR) is 74.8 cm³/mol. The number of rotatable bonds is 0. The van der Waals surface area contributed by atoms with Gasteiger partial charge in [0.15, 0.2) is 0 Å². The second-order valence-electron chi connectivity index (χ2n) is 4.55. The molecule has 0 radical (unpaired) electrons. The average molecular weight is 331 g/mol. The van der Waals surface area contributed by atoms with Crippen LogP contribution in [0.2, 0.25) is 0 Å². The molecule has 0 aromatic rings. The van der Waals surface area contributed by atoms with Crippen molar-refractivity contribution in [3.63, 3.8) is 0 Å². The Morgan fingerprint density at radius 1 is 0.824 bits per heavy atom. The van der Waals surface area contributed by atoms with Crippen molar-refractivity contribution in [1.29, 1.82) is 0 Å². The van der Waals surface area contributed by atoms with Crippen LogP contribution in [0.4, 0.5) is 0 Å². The molecule has 2 unspecified atom stereocenters. The van der Waals surface area contributed by atoms with Gasteiger partial charge in [0.1, 0.15) is 0 Å². The third-order valence-corrected chi connectivity index (χ3v) is 2.94. The Labute approximate surface area is 121 Å². The molecule has 2 atom stereocenters. The molecule has 0 amide bonds. The summed E-state index contributed by atoms with van der Waals surface area (Å²) in [6.45, 7) is 6.61. The van der Waals surface area contributed by atoms with Crippen molar-refractivity contribution in [1.82, 2.24) is 0 Å². The van der Waals surface area contributed by atoms with E-state index in [-0.39, 0.29) is 0 Å². The van der Waals surface area contributed by atoms with Gasteiger partial charge in [0.05, 0.1) is 0 Å². The molecule has 2 fully saturated rings. The van der Waals surface area contributed by atoms with E-state index in [1.165, 1.54) is 38.5 Å². The normalized spacial score (nSPS) is 28.5. The van der Waals surface area contributed by atoms with E-state index in [4.69, 9.17) is 0 Å². The monoisotopic (exact) mass is 329 g/mol. The topological polar surface area (TPSA) is 28.2 Å². The summed E-state index contributed by atoms with van der Waals surface area (Å²) < 4.78 is 0. The first kappa shape index (κ1) is 18.0. The molecule has 2 heterocycles. The molecule has 0 aliphatic carbocycles. The van der Waals surface area contributed by atoms with Crippen LogP contribution in [-0.4, -0.2) is 25.2 Å². The van der Waals surface area contributed by atoms with Crippen molar-refractivity contribution in [2.75, 3.05) is 13.1 Å². The van der Waals surface area contributed by atoms with E-state index in [0.717, 1.165) is 26.2 Å². The summed E-state index contributed by atoms with van der Waals surface area (Å²) in [4.78, 5) is 0. The van der Waals surface area contributed by atoms with E-state index >= 15 is 0 Å². The van der Waals surface area contributed by atoms with Gasteiger partial charge < -0.3 is 10.6 Å². The van der Waals surface area contributed by atoms with Gasteiger partial charge in [-0.15, -0.1) is 25.2 Å². The first-order valence-electron chi connectivity index (χ1n) is 6.35. The Balaban J connectivity index is 0.000000247. The number of halogens is 2. The van der Waals surface area contributed by atoms with E-state index in [9.17, 15) is 0 Å². The van der Waals surface area contributed by atoms with Crippen molar-refractivity contribution in [2.45, 2.75) is 64.5 Å². The molecule has 0 aromatic carbocycles. The summed E-state index contributed by atoms with van der Waals surface area (Å²) in [5.74, 6) is 0. The van der Waals surface area contributed by atoms with Crippen LogP contribution in [0.3, 0.4) is 0 Å². The second kappa shape index (κ2) is 13.5. The Hall–Kier alpha value is 1.02. The van der Waals surface area contributed by atoms with Gasteiger partial charge in [-0.05, 0) is 0 Å². The zero-order valence-electron chi connectivity index (χ0n) is 10.8. The molecule has 109 valence electrons. The van der Waals surface area contributed by atoms with Crippen LogP contribution in [0.5, 0.6) is 0 Å². The summed E-state index contributed by atoms with van der Waals surface area (Å²) in [5.41, 5.74) is 0. The number of hydrogen-bond acceptors (Lipinski definition) is 0. The van der Waals surface area contributed by atoms with Crippen LogP contribution >= 0.6 is 20.2 Å². The van der Waals surface area contributed by atoms with Crippen molar-refractivity contribution in [3.8, 4) is 0 Å². The average Bonchev–Trinajstić information content (AvgIpc) is 2.33. The van der Waals surface area contributed by atoms with Crippen molar-refractivity contribution in [2.24, 2.45) is 0 Å². The molecule has 0 aromatic heterocycles. The Morgan fingerprint density at radius 2 is 1.18 bits per heavy atom. The maximum absolute atomic E-state index is 4.67. The van der Waals surface area contributed by atoms with E-state index in [2.05, 4.69) is 44.7 Å². The second-order valence-corrected chi connectivity index (χ2v) is 6.10. The maximum atomic E-state index is 4.67. The molecule has 0 saturated carbocycles. The van der Waals surface area contributed by atoms with Crippen LogP contribution in [-0.2, 0) is 13.1 Å². The summed E-state index contributed by atoms with van der Waals surface area (Å²) >= 11 is 0.757. The first-order valence-corrected chi connectivity index (χ1v) is 8.94. The Kier molecular flexibility index (Phi) is 14.3. The molecule has 0 spiro atoms. The fraction of sp³-hybridized carbons (Fsp3) is 1.00. The number of nitrogens with zero attached hydrogens (tertiary/aromatic N) is 2. The summed E-state index contributed by atoms with van der Waals surface area (Å²) in [5, 5.41) is 8.66. The first-order chi connectivity index (χ1) is 8.20. The predicted octanol–water partition coefficient (Wildman–Crippen LogP) is 5.24. The van der Waals surface area contributed by atoms with Crippen molar-refractivity contribution in [3.05, 3.63) is 10.6 Å². The fourth-order valence-electron chi connectivity index (χ4n) is 1.91. The molecule has 0 N–H and O–H groups in total. The van der Waals surface area contributed by atoms with Gasteiger partial charge in [-0.25, -0.2) is 0 Å². The van der Waals surface area contributed by atoms with Gasteiger partial charge in [-0.2, -0.15) is 0 Å². The van der Waals surface area contributed by atoms with Gasteiger partial charge in [-0.1, -0.05) is 52.4 Å². The van der Waals surface area contributed by atoms with Gasteiger partial charge in [0.2, 0.25) is 0 Å². The summed E-state index contributed by atoms with van der Waals surface area (Å²) in [6.07, 6.45) is 8.07. The standard InChI is InChI=1S/2C6H12N.2ClH.Cu/c2*1-6-4-2-3-5-7-6;;;/h2*6H,2-5H2,1H3;2*1H;/q2*-1;;;+2/p-2. The van der Waals surface area contributed by atoms with Gasteiger partial charge >= 0.3 is 33.3 Å². The van der Waals surface area contributed by atoms with Crippen LogP contribution < -0.4 is 0 Å². The molecule has 2 rings (SSSR count). The molecule has 2 aliphatic rings. The van der Waals surface area contributed by atoms with E-state index in [0.29, 0.717) is 12.1 Å². The fourth-order valence-corrected chi connectivity index (χ4v) is 1.91. The number of piperidine rings is 2. The summed E-state index contributed by atoms with van der Waals surface area (Å²) in [7, 11) is 9.34. The number of hydrogen-bond donors (Lipinski definition) is 0. The summed E-state index contributed by atoms with van der Waals surface area (Å²) in [6, 6.07) is 1.32. The zero-order valence-corrected chi connectivity index (χ0v) is 13.2. The third-order valence-electron chi connectivity index (χ3n) is 2.94. The molecular weight excluding hydrogens is 307 g/mol. The molecule has 2 aliphatic heterocycles. The quantitative estimate of drug-likeness (QED) is 0.543. The van der Waals surface area contributed by atoms with E-state index in [1.54, 1.807) is 0 Å². The zero-order chi connectivity index (χ0) is 12.9. The molecule has 5 heteroatoms. The van der Waals surface area contributed by atoms with Crippen LogP contribution in [0, 0.1) is 0 Å². The molecule has 0 bridgehead atoms. The molecular formula is C12H24Cl2CuN2-2. The molecule has 2 saturated heterocycles. The van der Waals surface area contributed by atoms with Crippen LogP contribution in [0.15, 0.2) is 0 Å². The van der Waals surface area contributed by atoms with E-state index < -0.39 is 0 Å².